The van der Waals surface area contributed by atoms with E-state index in [1.807, 2.05) is 34.9 Å². The Labute approximate surface area is 160 Å². The second-order valence-corrected chi connectivity index (χ2v) is 7.06. The summed E-state index contributed by atoms with van der Waals surface area (Å²) in [6.45, 7) is 2.00. The summed E-state index contributed by atoms with van der Waals surface area (Å²) in [7, 11) is 0. The number of hydrogen-bond donors (Lipinski definition) is 1. The van der Waals surface area contributed by atoms with Crippen molar-refractivity contribution in [1.82, 2.24) is 20.1 Å². The minimum atomic E-state index is -0.286. The lowest BCUT2D eigenvalue weighted by Gasteiger charge is -2.14. The third-order valence-electron chi connectivity index (χ3n) is 4.29. The van der Waals surface area contributed by atoms with E-state index in [4.69, 9.17) is 0 Å². The number of carbonyl (C=O) groups is 1. The number of halogens is 1. The molecular formula is C19H18FN5OS. The van der Waals surface area contributed by atoms with Crippen LogP contribution < -0.4 is 10.2 Å². The zero-order valence-electron chi connectivity index (χ0n) is 14.5. The number of anilines is 2. The van der Waals surface area contributed by atoms with Crippen molar-refractivity contribution in [3.8, 4) is 0 Å². The van der Waals surface area contributed by atoms with Crippen molar-refractivity contribution in [3.05, 3.63) is 66.0 Å². The normalized spacial score (nSPS) is 12.9. The van der Waals surface area contributed by atoms with Gasteiger partial charge in [-0.15, -0.1) is 10.2 Å². The van der Waals surface area contributed by atoms with Crippen LogP contribution in [0.5, 0.6) is 0 Å². The van der Waals surface area contributed by atoms with Gasteiger partial charge in [-0.25, -0.2) is 4.39 Å². The van der Waals surface area contributed by atoms with Crippen LogP contribution in [0, 0.1) is 5.82 Å². The lowest BCUT2D eigenvalue weighted by molar-refractivity contribution is -0.118. The molecule has 0 saturated carbocycles. The summed E-state index contributed by atoms with van der Waals surface area (Å²) in [6, 6.07) is 16.1. The van der Waals surface area contributed by atoms with E-state index in [0.717, 1.165) is 35.4 Å². The lowest BCUT2D eigenvalue weighted by Crippen LogP contribution is -2.24. The molecule has 1 aromatic heterocycles. The van der Waals surface area contributed by atoms with Crippen LogP contribution in [0.3, 0.4) is 0 Å². The molecule has 0 fully saturated rings. The molecule has 0 unspecified atom stereocenters. The van der Waals surface area contributed by atoms with Crippen LogP contribution in [0.25, 0.3) is 0 Å². The molecule has 138 valence electrons. The quantitative estimate of drug-likeness (QED) is 0.663. The molecule has 27 heavy (non-hydrogen) atoms. The van der Waals surface area contributed by atoms with E-state index in [1.165, 1.54) is 23.9 Å². The molecule has 0 bridgehead atoms. The number of nitrogens with zero attached hydrogens (tertiary/aromatic N) is 4. The maximum atomic E-state index is 12.9. The Hall–Kier alpha value is -2.87. The molecule has 3 aromatic rings. The van der Waals surface area contributed by atoms with Gasteiger partial charge < -0.3 is 10.2 Å². The summed E-state index contributed by atoms with van der Waals surface area (Å²) in [4.78, 5) is 14.2. The number of fused-ring (bicyclic) bond motifs is 1. The minimum absolute atomic E-state index is 0.0976. The van der Waals surface area contributed by atoms with E-state index in [0.29, 0.717) is 6.54 Å². The third-order valence-corrected chi connectivity index (χ3v) is 5.26. The second kappa shape index (κ2) is 7.79. The number of thioether (sulfide) groups is 1. The van der Waals surface area contributed by atoms with Gasteiger partial charge in [-0.2, -0.15) is 0 Å². The molecule has 0 saturated heterocycles. The van der Waals surface area contributed by atoms with Gasteiger partial charge in [0.1, 0.15) is 5.82 Å². The van der Waals surface area contributed by atoms with Crippen molar-refractivity contribution >= 4 is 29.3 Å². The Balaban J connectivity index is 1.33. The highest BCUT2D eigenvalue weighted by Crippen LogP contribution is 2.31. The van der Waals surface area contributed by atoms with Crippen LogP contribution in [-0.4, -0.2) is 33.0 Å². The predicted molar refractivity (Wildman–Crippen MR) is 102 cm³/mol. The van der Waals surface area contributed by atoms with Crippen molar-refractivity contribution in [2.24, 2.45) is 0 Å². The lowest BCUT2D eigenvalue weighted by atomic mass is 10.2. The molecule has 1 N–H and O–H groups in total. The monoisotopic (exact) mass is 383 g/mol. The van der Waals surface area contributed by atoms with Crippen LogP contribution in [0.1, 0.15) is 5.56 Å². The second-order valence-electron chi connectivity index (χ2n) is 6.11. The summed E-state index contributed by atoms with van der Waals surface area (Å²) >= 11 is 1.37. The van der Waals surface area contributed by atoms with E-state index < -0.39 is 0 Å². The summed E-state index contributed by atoms with van der Waals surface area (Å²) < 4.78 is 14.9. The molecule has 1 aliphatic rings. The average Bonchev–Trinajstić information content (AvgIpc) is 3.29. The van der Waals surface area contributed by atoms with E-state index in [-0.39, 0.29) is 17.5 Å². The van der Waals surface area contributed by atoms with E-state index in [9.17, 15) is 9.18 Å². The van der Waals surface area contributed by atoms with Gasteiger partial charge in [-0.3, -0.25) is 9.36 Å². The van der Waals surface area contributed by atoms with Gasteiger partial charge in [0.25, 0.3) is 0 Å². The van der Waals surface area contributed by atoms with E-state index in [1.54, 1.807) is 12.1 Å². The first-order valence-electron chi connectivity index (χ1n) is 8.60. The first-order valence-corrected chi connectivity index (χ1v) is 9.59. The summed E-state index contributed by atoms with van der Waals surface area (Å²) in [5.74, 6) is 0.672. The first-order chi connectivity index (χ1) is 13.2. The average molecular weight is 383 g/mol. The predicted octanol–water partition coefficient (Wildman–Crippen LogP) is 2.98. The zero-order chi connectivity index (χ0) is 18.6. The highest BCUT2D eigenvalue weighted by atomic mass is 32.2. The minimum Gasteiger partial charge on any atom is -0.351 e. The van der Waals surface area contributed by atoms with Crippen molar-refractivity contribution in [2.45, 2.75) is 18.2 Å². The molecule has 1 amide bonds. The van der Waals surface area contributed by atoms with Crippen molar-refractivity contribution < 1.29 is 9.18 Å². The topological polar surface area (TPSA) is 63.1 Å². The van der Waals surface area contributed by atoms with Gasteiger partial charge in [0, 0.05) is 25.3 Å². The molecule has 0 radical (unpaired) electrons. The highest BCUT2D eigenvalue weighted by Gasteiger charge is 2.26. The maximum absolute atomic E-state index is 12.9. The van der Waals surface area contributed by atoms with Crippen molar-refractivity contribution in [1.29, 1.82) is 0 Å². The molecule has 2 aromatic carbocycles. The number of aromatic nitrogens is 3. The highest BCUT2D eigenvalue weighted by molar-refractivity contribution is 7.99. The summed E-state index contributed by atoms with van der Waals surface area (Å²) in [5, 5.41) is 12.1. The van der Waals surface area contributed by atoms with Gasteiger partial charge in [0.15, 0.2) is 5.16 Å². The Morgan fingerprint density at radius 2 is 1.85 bits per heavy atom. The Kier molecular flexibility index (Phi) is 5.06. The molecule has 0 aliphatic carbocycles. The van der Waals surface area contributed by atoms with Crippen LogP contribution in [0.15, 0.2) is 59.8 Å². The molecule has 2 heterocycles. The molecule has 1 aliphatic heterocycles. The zero-order valence-corrected chi connectivity index (χ0v) is 15.3. The van der Waals surface area contributed by atoms with E-state index >= 15 is 0 Å². The fourth-order valence-electron chi connectivity index (χ4n) is 2.92. The van der Waals surface area contributed by atoms with Gasteiger partial charge in [-0.1, -0.05) is 42.1 Å². The van der Waals surface area contributed by atoms with Crippen LogP contribution in [0.2, 0.25) is 0 Å². The fraction of sp³-hybridized carbons (Fsp3) is 0.211. The molecular weight excluding hydrogens is 365 g/mol. The Bertz CT molecular complexity index is 929. The van der Waals surface area contributed by atoms with Crippen LogP contribution in [-0.2, 0) is 17.9 Å². The largest absolute Gasteiger partial charge is 0.351 e. The molecule has 0 atom stereocenters. The SMILES string of the molecule is O=C(CSc1nnc2n1CCN2c1ccccc1)NCc1ccc(F)cc1. The molecule has 0 spiro atoms. The van der Waals surface area contributed by atoms with Crippen LogP contribution in [0.4, 0.5) is 16.0 Å². The third kappa shape index (κ3) is 3.95. The number of carbonyl (C=O) groups excluding carboxylic acids is 1. The van der Waals surface area contributed by atoms with Gasteiger partial charge in [0.05, 0.1) is 5.75 Å². The number of benzene rings is 2. The molecule has 4 rings (SSSR count). The number of rotatable bonds is 6. The number of nitrogens with one attached hydrogen (secondary N) is 1. The summed E-state index contributed by atoms with van der Waals surface area (Å²) in [6.07, 6.45) is 0. The van der Waals surface area contributed by atoms with Crippen molar-refractivity contribution in [3.63, 3.8) is 0 Å². The van der Waals surface area contributed by atoms with Gasteiger partial charge in [0.2, 0.25) is 11.9 Å². The van der Waals surface area contributed by atoms with Gasteiger partial charge in [-0.05, 0) is 29.8 Å². The smallest absolute Gasteiger partial charge is 0.232 e. The van der Waals surface area contributed by atoms with Gasteiger partial charge >= 0.3 is 0 Å². The van der Waals surface area contributed by atoms with Crippen LogP contribution >= 0.6 is 11.8 Å². The molecule has 8 heteroatoms. The molecule has 6 nitrogen and oxygen atoms in total. The Morgan fingerprint density at radius 3 is 2.63 bits per heavy atom. The number of amides is 1. The number of hydrogen-bond acceptors (Lipinski definition) is 5. The Morgan fingerprint density at radius 1 is 1.07 bits per heavy atom. The van der Waals surface area contributed by atoms with E-state index in [2.05, 4.69) is 20.4 Å². The van der Waals surface area contributed by atoms with Crippen molar-refractivity contribution in [2.75, 3.05) is 17.2 Å². The first kappa shape index (κ1) is 17.5. The number of para-hydroxylation sites is 1. The summed E-state index contributed by atoms with van der Waals surface area (Å²) in [5.41, 5.74) is 1.94. The fourth-order valence-corrected chi connectivity index (χ4v) is 3.71. The maximum Gasteiger partial charge on any atom is 0.232 e. The standard InChI is InChI=1S/C19H18FN5OS/c20-15-8-6-14(7-9-15)12-21-17(26)13-27-19-23-22-18-24(10-11-25(18)19)16-4-2-1-3-5-16/h1-9H,10-13H2,(H,21,26).